The fourth-order valence-electron chi connectivity index (χ4n) is 1.53. The Morgan fingerprint density at radius 3 is 2.87 bits per heavy atom. The van der Waals surface area contributed by atoms with Gasteiger partial charge in [0.05, 0.1) is 7.11 Å². The average molecular weight is 205 g/mol. The molecule has 1 aromatic rings. The van der Waals surface area contributed by atoms with Crippen LogP contribution >= 0.6 is 0 Å². The summed E-state index contributed by atoms with van der Waals surface area (Å²) >= 11 is 0. The lowest BCUT2D eigenvalue weighted by Gasteiger charge is -2.13. The SMILES string of the molecule is C=CCC[C@H](N)c1ccc(C)c(OC)c1. The van der Waals surface area contributed by atoms with Gasteiger partial charge >= 0.3 is 0 Å². The van der Waals surface area contributed by atoms with Crippen molar-refractivity contribution >= 4 is 0 Å². The van der Waals surface area contributed by atoms with Gasteiger partial charge in [0.25, 0.3) is 0 Å². The second-order valence-corrected chi connectivity index (χ2v) is 3.70. The molecule has 1 rings (SSSR count). The van der Waals surface area contributed by atoms with Gasteiger partial charge < -0.3 is 10.5 Å². The summed E-state index contributed by atoms with van der Waals surface area (Å²) in [5, 5.41) is 0. The quantitative estimate of drug-likeness (QED) is 0.750. The van der Waals surface area contributed by atoms with Crippen LogP contribution in [0.25, 0.3) is 0 Å². The maximum atomic E-state index is 6.05. The molecule has 0 aliphatic rings. The summed E-state index contributed by atoms with van der Waals surface area (Å²) in [5.74, 6) is 0.904. The topological polar surface area (TPSA) is 35.2 Å². The molecule has 0 fully saturated rings. The molecule has 2 N–H and O–H groups in total. The van der Waals surface area contributed by atoms with Crippen LogP contribution in [0.4, 0.5) is 0 Å². The number of hydrogen-bond acceptors (Lipinski definition) is 2. The van der Waals surface area contributed by atoms with Gasteiger partial charge in [-0.1, -0.05) is 18.2 Å². The minimum absolute atomic E-state index is 0.0671. The van der Waals surface area contributed by atoms with Crippen LogP contribution in [-0.4, -0.2) is 7.11 Å². The van der Waals surface area contributed by atoms with Crippen molar-refractivity contribution < 1.29 is 4.74 Å². The van der Waals surface area contributed by atoms with Crippen LogP contribution in [0.3, 0.4) is 0 Å². The molecule has 2 nitrogen and oxygen atoms in total. The second kappa shape index (κ2) is 5.56. The van der Waals surface area contributed by atoms with Crippen LogP contribution in [0.2, 0.25) is 0 Å². The molecular weight excluding hydrogens is 186 g/mol. The van der Waals surface area contributed by atoms with Crippen LogP contribution in [0.5, 0.6) is 5.75 Å². The van der Waals surface area contributed by atoms with E-state index in [0.717, 1.165) is 29.7 Å². The second-order valence-electron chi connectivity index (χ2n) is 3.70. The van der Waals surface area contributed by atoms with Crippen molar-refractivity contribution in [3.8, 4) is 5.75 Å². The number of ether oxygens (including phenoxy) is 1. The lowest BCUT2D eigenvalue weighted by atomic mass is 10.0. The van der Waals surface area contributed by atoms with Gasteiger partial charge in [-0.25, -0.2) is 0 Å². The summed E-state index contributed by atoms with van der Waals surface area (Å²) in [7, 11) is 1.68. The summed E-state index contributed by atoms with van der Waals surface area (Å²) < 4.78 is 5.26. The van der Waals surface area contributed by atoms with E-state index >= 15 is 0 Å². The Morgan fingerprint density at radius 2 is 2.27 bits per heavy atom. The van der Waals surface area contributed by atoms with Gasteiger partial charge in [-0.3, -0.25) is 0 Å². The molecule has 0 aliphatic heterocycles. The standard InChI is InChI=1S/C13H19NO/c1-4-5-6-12(14)11-8-7-10(2)13(9-11)15-3/h4,7-9,12H,1,5-6,14H2,2-3H3/t12-/m0/s1. The summed E-state index contributed by atoms with van der Waals surface area (Å²) in [5.41, 5.74) is 8.31. The third-order valence-corrected chi connectivity index (χ3v) is 2.54. The highest BCUT2D eigenvalue weighted by Gasteiger charge is 2.07. The van der Waals surface area contributed by atoms with Gasteiger partial charge in [-0.2, -0.15) is 0 Å². The lowest BCUT2D eigenvalue weighted by molar-refractivity contribution is 0.410. The summed E-state index contributed by atoms with van der Waals surface area (Å²) in [6.45, 7) is 5.72. The van der Waals surface area contributed by atoms with E-state index in [1.54, 1.807) is 7.11 Å². The molecule has 0 saturated heterocycles. The van der Waals surface area contributed by atoms with E-state index < -0.39 is 0 Å². The number of hydrogen-bond donors (Lipinski definition) is 1. The Balaban J connectivity index is 2.80. The first-order valence-corrected chi connectivity index (χ1v) is 5.20. The highest BCUT2D eigenvalue weighted by Crippen LogP contribution is 2.24. The maximum Gasteiger partial charge on any atom is 0.122 e. The number of benzene rings is 1. The highest BCUT2D eigenvalue weighted by molar-refractivity contribution is 5.37. The molecule has 0 aliphatic carbocycles. The fourth-order valence-corrected chi connectivity index (χ4v) is 1.53. The van der Waals surface area contributed by atoms with Crippen molar-refractivity contribution in [3.63, 3.8) is 0 Å². The Hall–Kier alpha value is -1.28. The van der Waals surface area contributed by atoms with E-state index in [1.807, 2.05) is 25.1 Å². The summed E-state index contributed by atoms with van der Waals surface area (Å²) in [4.78, 5) is 0. The predicted octanol–water partition coefficient (Wildman–Crippen LogP) is 2.97. The predicted molar refractivity (Wildman–Crippen MR) is 64.1 cm³/mol. The summed E-state index contributed by atoms with van der Waals surface area (Å²) in [6.07, 6.45) is 3.76. The zero-order chi connectivity index (χ0) is 11.3. The van der Waals surface area contributed by atoms with E-state index in [-0.39, 0.29) is 6.04 Å². The van der Waals surface area contributed by atoms with Crippen LogP contribution in [0, 0.1) is 6.92 Å². The van der Waals surface area contributed by atoms with E-state index in [9.17, 15) is 0 Å². The minimum Gasteiger partial charge on any atom is -0.496 e. The zero-order valence-electron chi connectivity index (χ0n) is 9.49. The van der Waals surface area contributed by atoms with Crippen LogP contribution in [0.15, 0.2) is 30.9 Å². The lowest BCUT2D eigenvalue weighted by Crippen LogP contribution is -2.10. The molecule has 1 atom stereocenters. The fraction of sp³-hybridized carbons (Fsp3) is 0.385. The molecule has 0 saturated carbocycles. The van der Waals surface area contributed by atoms with Crippen LogP contribution < -0.4 is 10.5 Å². The Morgan fingerprint density at radius 1 is 1.53 bits per heavy atom. The van der Waals surface area contributed by atoms with E-state index in [1.165, 1.54) is 0 Å². The normalized spacial score (nSPS) is 12.2. The van der Waals surface area contributed by atoms with Gasteiger partial charge in [0.2, 0.25) is 0 Å². The molecule has 0 bridgehead atoms. The van der Waals surface area contributed by atoms with Crippen molar-refractivity contribution in [1.82, 2.24) is 0 Å². The number of methoxy groups -OCH3 is 1. The largest absolute Gasteiger partial charge is 0.496 e. The molecule has 0 radical (unpaired) electrons. The number of aryl methyl sites for hydroxylation is 1. The molecule has 15 heavy (non-hydrogen) atoms. The van der Waals surface area contributed by atoms with Gasteiger partial charge in [0, 0.05) is 6.04 Å². The zero-order valence-corrected chi connectivity index (χ0v) is 9.49. The molecule has 0 heterocycles. The van der Waals surface area contributed by atoms with Crippen molar-refractivity contribution in [2.45, 2.75) is 25.8 Å². The molecule has 2 heteroatoms. The first kappa shape index (κ1) is 11.8. The monoisotopic (exact) mass is 205 g/mol. The van der Waals surface area contributed by atoms with Gasteiger partial charge in [-0.05, 0) is 37.0 Å². The van der Waals surface area contributed by atoms with Crippen molar-refractivity contribution in [2.75, 3.05) is 7.11 Å². The number of allylic oxidation sites excluding steroid dienone is 1. The van der Waals surface area contributed by atoms with Crippen molar-refractivity contribution in [3.05, 3.63) is 42.0 Å². The Bertz CT molecular complexity index is 333. The Kier molecular flexibility index (Phi) is 4.37. The minimum atomic E-state index is 0.0671. The number of rotatable bonds is 5. The third kappa shape index (κ3) is 3.10. The average Bonchev–Trinajstić information content (AvgIpc) is 2.26. The maximum absolute atomic E-state index is 6.05. The van der Waals surface area contributed by atoms with E-state index in [2.05, 4.69) is 12.6 Å². The van der Waals surface area contributed by atoms with E-state index in [0.29, 0.717) is 0 Å². The van der Waals surface area contributed by atoms with Crippen LogP contribution in [-0.2, 0) is 0 Å². The molecular formula is C13H19NO. The molecule has 0 unspecified atom stereocenters. The van der Waals surface area contributed by atoms with Gasteiger partial charge in [0.1, 0.15) is 5.75 Å². The highest BCUT2D eigenvalue weighted by atomic mass is 16.5. The first-order valence-electron chi connectivity index (χ1n) is 5.20. The number of nitrogens with two attached hydrogens (primary N) is 1. The van der Waals surface area contributed by atoms with Crippen molar-refractivity contribution in [1.29, 1.82) is 0 Å². The summed E-state index contributed by atoms with van der Waals surface area (Å²) in [6, 6.07) is 6.19. The Labute approximate surface area is 91.7 Å². The van der Waals surface area contributed by atoms with Gasteiger partial charge in [-0.15, -0.1) is 6.58 Å². The first-order chi connectivity index (χ1) is 7.19. The van der Waals surface area contributed by atoms with E-state index in [4.69, 9.17) is 10.5 Å². The van der Waals surface area contributed by atoms with Crippen LogP contribution in [0.1, 0.15) is 30.0 Å². The third-order valence-electron chi connectivity index (χ3n) is 2.54. The van der Waals surface area contributed by atoms with Gasteiger partial charge in [0.15, 0.2) is 0 Å². The smallest absolute Gasteiger partial charge is 0.122 e. The molecule has 1 aromatic carbocycles. The van der Waals surface area contributed by atoms with Crippen molar-refractivity contribution in [2.24, 2.45) is 5.73 Å². The molecule has 0 amide bonds. The molecule has 0 spiro atoms. The molecule has 0 aromatic heterocycles. The molecule has 82 valence electrons.